The average molecular weight is 361 g/mol. The zero-order valence-electron chi connectivity index (χ0n) is 15.7. The van der Waals surface area contributed by atoms with Crippen molar-refractivity contribution in [3.05, 3.63) is 47.9 Å². The molecule has 26 heavy (non-hydrogen) atoms. The maximum Gasteiger partial charge on any atom is 0.191 e. The number of methoxy groups -OCH3 is 2. The van der Waals surface area contributed by atoms with Crippen molar-refractivity contribution in [2.75, 3.05) is 27.3 Å². The molecule has 7 heteroatoms. The number of furan rings is 1. The molecule has 1 aromatic heterocycles. The number of rotatable bonds is 8. The smallest absolute Gasteiger partial charge is 0.191 e. The predicted molar refractivity (Wildman–Crippen MR) is 101 cm³/mol. The van der Waals surface area contributed by atoms with Crippen molar-refractivity contribution in [2.24, 2.45) is 4.99 Å². The van der Waals surface area contributed by atoms with Crippen molar-refractivity contribution in [1.82, 2.24) is 10.6 Å². The van der Waals surface area contributed by atoms with Gasteiger partial charge in [-0.2, -0.15) is 0 Å². The van der Waals surface area contributed by atoms with Gasteiger partial charge in [-0.1, -0.05) is 0 Å². The second kappa shape index (κ2) is 9.15. The third-order valence-electron chi connectivity index (χ3n) is 3.90. The van der Waals surface area contributed by atoms with Crippen LogP contribution in [-0.4, -0.2) is 38.4 Å². The number of hydrogen-bond donors (Lipinski definition) is 3. The molecule has 1 atom stereocenters. The van der Waals surface area contributed by atoms with Gasteiger partial charge in [0.1, 0.15) is 22.9 Å². The summed E-state index contributed by atoms with van der Waals surface area (Å²) in [6.45, 7) is 5.05. The van der Waals surface area contributed by atoms with Crippen molar-refractivity contribution in [3.63, 3.8) is 0 Å². The van der Waals surface area contributed by atoms with E-state index >= 15 is 0 Å². The van der Waals surface area contributed by atoms with Gasteiger partial charge in [-0.15, -0.1) is 0 Å². The van der Waals surface area contributed by atoms with Crippen LogP contribution in [0.2, 0.25) is 0 Å². The van der Waals surface area contributed by atoms with Crippen LogP contribution in [0.15, 0.2) is 46.0 Å². The lowest BCUT2D eigenvalue weighted by atomic mass is 10.0. The Labute approximate surface area is 154 Å². The Morgan fingerprint density at radius 3 is 2.65 bits per heavy atom. The van der Waals surface area contributed by atoms with Crippen LogP contribution < -0.4 is 20.1 Å². The molecule has 1 unspecified atom stereocenters. The molecule has 7 nitrogen and oxygen atoms in total. The number of aliphatic imine (C=N–C) groups is 1. The van der Waals surface area contributed by atoms with Crippen molar-refractivity contribution in [2.45, 2.75) is 26.0 Å². The van der Waals surface area contributed by atoms with Gasteiger partial charge in [0.05, 0.1) is 33.6 Å². The third-order valence-corrected chi connectivity index (χ3v) is 3.90. The van der Waals surface area contributed by atoms with Gasteiger partial charge in [-0.3, -0.25) is 0 Å². The van der Waals surface area contributed by atoms with Crippen LogP contribution in [0.5, 0.6) is 11.5 Å². The molecule has 0 bridgehead atoms. The maximum absolute atomic E-state index is 10.5. The average Bonchev–Trinajstić information content (AvgIpc) is 3.19. The first-order valence-electron chi connectivity index (χ1n) is 8.49. The van der Waals surface area contributed by atoms with Crippen LogP contribution in [0.4, 0.5) is 0 Å². The van der Waals surface area contributed by atoms with E-state index in [-0.39, 0.29) is 6.54 Å². The summed E-state index contributed by atoms with van der Waals surface area (Å²) in [4.78, 5) is 4.56. The Hall–Kier alpha value is -2.67. The monoisotopic (exact) mass is 361 g/mol. The molecule has 0 aliphatic rings. The molecule has 0 saturated heterocycles. The van der Waals surface area contributed by atoms with E-state index in [9.17, 15) is 5.11 Å². The maximum atomic E-state index is 10.5. The normalized spacial score (nSPS) is 13.8. The molecule has 0 amide bonds. The number of aliphatic hydroxyl groups is 1. The number of benzene rings is 1. The first-order valence-corrected chi connectivity index (χ1v) is 8.49. The predicted octanol–water partition coefficient (Wildman–Crippen LogP) is 2.26. The summed E-state index contributed by atoms with van der Waals surface area (Å²) in [5, 5.41) is 16.8. The van der Waals surface area contributed by atoms with Crippen LogP contribution in [0.1, 0.15) is 25.2 Å². The number of guanidine groups is 1. The highest BCUT2D eigenvalue weighted by Gasteiger charge is 2.26. The molecule has 0 spiro atoms. The standard InChI is InChI=1S/C19H27N3O4/c1-5-20-18(22-13-19(2,23)17-7-6-10-26-17)21-12-14-8-9-15(24-3)11-16(14)25-4/h6-11,23H,5,12-13H2,1-4H3,(H2,20,21,22). The highest BCUT2D eigenvalue weighted by atomic mass is 16.5. The largest absolute Gasteiger partial charge is 0.497 e. The van der Waals surface area contributed by atoms with Gasteiger partial charge in [0.2, 0.25) is 0 Å². The zero-order chi connectivity index (χ0) is 19.0. The minimum Gasteiger partial charge on any atom is -0.497 e. The molecule has 0 aliphatic carbocycles. The molecule has 0 aliphatic heterocycles. The van der Waals surface area contributed by atoms with E-state index in [1.54, 1.807) is 39.5 Å². The Kier molecular flexibility index (Phi) is 6.91. The molecule has 0 radical (unpaired) electrons. The summed E-state index contributed by atoms with van der Waals surface area (Å²) >= 11 is 0. The second-order valence-electron chi connectivity index (χ2n) is 5.98. The Bertz CT molecular complexity index is 712. The quantitative estimate of drug-likeness (QED) is 0.494. The molecule has 2 aromatic rings. The number of hydrogen-bond acceptors (Lipinski definition) is 5. The molecule has 1 heterocycles. The summed E-state index contributed by atoms with van der Waals surface area (Å²) in [7, 11) is 3.23. The number of nitrogens with zero attached hydrogens (tertiary/aromatic N) is 1. The second-order valence-corrected chi connectivity index (χ2v) is 5.98. The molecular weight excluding hydrogens is 334 g/mol. The van der Waals surface area contributed by atoms with E-state index in [0.717, 1.165) is 11.3 Å². The molecule has 0 saturated carbocycles. The van der Waals surface area contributed by atoms with Crippen molar-refractivity contribution in [3.8, 4) is 11.5 Å². The van der Waals surface area contributed by atoms with Crippen LogP contribution in [-0.2, 0) is 12.1 Å². The zero-order valence-corrected chi connectivity index (χ0v) is 15.7. The van der Waals surface area contributed by atoms with Gasteiger partial charge < -0.3 is 29.6 Å². The van der Waals surface area contributed by atoms with E-state index in [2.05, 4.69) is 15.6 Å². The minimum atomic E-state index is -1.14. The third kappa shape index (κ3) is 5.16. The molecular formula is C19H27N3O4. The lowest BCUT2D eigenvalue weighted by molar-refractivity contribution is 0.0386. The van der Waals surface area contributed by atoms with E-state index in [4.69, 9.17) is 13.9 Å². The van der Waals surface area contributed by atoms with Gasteiger partial charge in [-0.05, 0) is 38.1 Å². The summed E-state index contributed by atoms with van der Waals surface area (Å²) in [5.41, 5.74) is -0.208. The SMILES string of the molecule is CCNC(=NCc1ccc(OC)cc1OC)NCC(C)(O)c1ccco1. The van der Waals surface area contributed by atoms with E-state index in [1.807, 2.05) is 25.1 Å². The van der Waals surface area contributed by atoms with Gasteiger partial charge in [-0.25, -0.2) is 4.99 Å². The van der Waals surface area contributed by atoms with E-state index < -0.39 is 5.60 Å². The topological polar surface area (TPSA) is 88.3 Å². The van der Waals surface area contributed by atoms with E-state index in [0.29, 0.717) is 30.6 Å². The lowest BCUT2D eigenvalue weighted by Gasteiger charge is -2.22. The molecule has 0 fully saturated rings. The Morgan fingerprint density at radius 2 is 2.04 bits per heavy atom. The van der Waals surface area contributed by atoms with Crippen LogP contribution in [0.25, 0.3) is 0 Å². The van der Waals surface area contributed by atoms with Gasteiger partial charge in [0.15, 0.2) is 5.96 Å². The van der Waals surface area contributed by atoms with Crippen molar-refractivity contribution >= 4 is 5.96 Å². The number of ether oxygens (including phenoxy) is 2. The van der Waals surface area contributed by atoms with Gasteiger partial charge >= 0.3 is 0 Å². The first kappa shape index (κ1) is 19.7. The lowest BCUT2D eigenvalue weighted by Crippen LogP contribution is -2.44. The summed E-state index contributed by atoms with van der Waals surface area (Å²) in [5.74, 6) is 2.54. The highest BCUT2D eigenvalue weighted by molar-refractivity contribution is 5.79. The fourth-order valence-electron chi connectivity index (χ4n) is 2.42. The molecule has 142 valence electrons. The molecule has 1 aromatic carbocycles. The van der Waals surface area contributed by atoms with Crippen molar-refractivity contribution < 1.29 is 19.0 Å². The van der Waals surface area contributed by atoms with Gasteiger partial charge in [0.25, 0.3) is 0 Å². The fourth-order valence-corrected chi connectivity index (χ4v) is 2.42. The summed E-state index contributed by atoms with van der Waals surface area (Å²) in [6.07, 6.45) is 1.54. The van der Waals surface area contributed by atoms with Crippen molar-refractivity contribution in [1.29, 1.82) is 0 Å². The fraction of sp³-hybridized carbons (Fsp3) is 0.421. The Balaban J connectivity index is 2.07. The van der Waals surface area contributed by atoms with Crippen LogP contribution in [0.3, 0.4) is 0 Å². The first-order chi connectivity index (χ1) is 12.5. The number of nitrogens with one attached hydrogen (secondary N) is 2. The van der Waals surface area contributed by atoms with E-state index in [1.165, 1.54) is 0 Å². The van der Waals surface area contributed by atoms with Crippen LogP contribution in [0, 0.1) is 0 Å². The Morgan fingerprint density at radius 1 is 1.23 bits per heavy atom. The van der Waals surface area contributed by atoms with Gasteiger partial charge in [0, 0.05) is 18.2 Å². The molecule has 2 rings (SSSR count). The highest BCUT2D eigenvalue weighted by Crippen LogP contribution is 2.25. The minimum absolute atomic E-state index is 0.256. The molecule has 3 N–H and O–H groups in total. The van der Waals surface area contributed by atoms with Crippen LogP contribution >= 0.6 is 0 Å². The summed E-state index contributed by atoms with van der Waals surface area (Å²) < 4.78 is 15.9. The summed E-state index contributed by atoms with van der Waals surface area (Å²) in [6, 6.07) is 9.11.